The van der Waals surface area contributed by atoms with Crippen molar-refractivity contribution in [3.63, 3.8) is 0 Å². The third-order valence-corrected chi connectivity index (χ3v) is 2.38. The molecule has 0 saturated heterocycles. The van der Waals surface area contributed by atoms with E-state index in [0.717, 1.165) is 0 Å². The molecule has 1 aromatic rings. The molecule has 0 saturated carbocycles. The largest absolute Gasteiger partial charge is 0.494 e. The number of hydrogen-bond donors (Lipinski definition) is 1. The minimum Gasteiger partial charge on any atom is -0.494 e. The maximum Gasteiger partial charge on any atom is 0.175 e. The second kappa shape index (κ2) is 4.73. The van der Waals surface area contributed by atoms with Crippen LogP contribution in [0.25, 0.3) is 0 Å². The fraction of sp³-hybridized carbons (Fsp3) is 0.125. The lowest BCUT2D eigenvalue weighted by Gasteiger charge is -2.06. The summed E-state index contributed by atoms with van der Waals surface area (Å²) in [6.45, 7) is 0. The first kappa shape index (κ1) is 11.4. The van der Waals surface area contributed by atoms with Crippen molar-refractivity contribution < 1.29 is 9.94 Å². The van der Waals surface area contributed by atoms with Gasteiger partial charge < -0.3 is 9.94 Å². The zero-order valence-corrected chi connectivity index (χ0v) is 9.36. The van der Waals surface area contributed by atoms with Gasteiger partial charge in [-0.3, -0.25) is 0 Å². The highest BCUT2D eigenvalue weighted by Gasteiger charge is 2.10. The van der Waals surface area contributed by atoms with Gasteiger partial charge in [-0.1, -0.05) is 40.0 Å². The van der Waals surface area contributed by atoms with Crippen molar-refractivity contribution in [3.8, 4) is 5.75 Å². The zero-order valence-electron chi connectivity index (χ0n) is 7.09. The van der Waals surface area contributed by atoms with Crippen molar-refractivity contribution in [2.45, 2.75) is 0 Å². The molecule has 76 valence electrons. The van der Waals surface area contributed by atoms with Crippen LogP contribution in [0.2, 0.25) is 10.0 Å². The van der Waals surface area contributed by atoms with Crippen LogP contribution in [0.1, 0.15) is 5.56 Å². The molecular weight excluding hydrogens is 248 g/mol. The van der Waals surface area contributed by atoms with Gasteiger partial charge in [0.15, 0.2) is 10.9 Å². The smallest absolute Gasteiger partial charge is 0.175 e. The van der Waals surface area contributed by atoms with E-state index in [1.807, 2.05) is 0 Å². The first-order valence-corrected chi connectivity index (χ1v) is 4.64. The number of methoxy groups -OCH3 is 1. The molecule has 3 nitrogen and oxygen atoms in total. The van der Waals surface area contributed by atoms with Gasteiger partial charge in [0.05, 0.1) is 17.2 Å². The Morgan fingerprint density at radius 3 is 2.21 bits per heavy atom. The molecule has 0 bridgehead atoms. The quantitative estimate of drug-likeness (QED) is 0.499. The molecule has 1 rings (SSSR count). The highest BCUT2D eigenvalue weighted by Crippen LogP contribution is 2.34. The number of benzene rings is 1. The van der Waals surface area contributed by atoms with E-state index in [-0.39, 0.29) is 5.17 Å². The molecule has 1 aromatic carbocycles. The van der Waals surface area contributed by atoms with Crippen molar-refractivity contribution in [2.24, 2.45) is 5.16 Å². The van der Waals surface area contributed by atoms with Gasteiger partial charge in [-0.05, 0) is 12.1 Å². The van der Waals surface area contributed by atoms with Crippen LogP contribution in [0.15, 0.2) is 17.3 Å². The Bertz CT molecular complexity index is 356. The molecule has 0 spiro atoms. The third kappa shape index (κ3) is 2.23. The molecule has 0 aliphatic heterocycles. The Morgan fingerprint density at radius 2 is 1.86 bits per heavy atom. The van der Waals surface area contributed by atoms with Crippen LogP contribution in [0.5, 0.6) is 5.75 Å². The van der Waals surface area contributed by atoms with E-state index in [1.54, 1.807) is 0 Å². The van der Waals surface area contributed by atoms with Gasteiger partial charge in [0.25, 0.3) is 0 Å². The third-order valence-electron chi connectivity index (χ3n) is 1.53. The zero-order chi connectivity index (χ0) is 10.7. The standard InChI is InChI=1S/C8H6Cl3NO2/c1-14-7-5(9)2-4(3-6(7)10)8(11)12-13/h2-3,13H,1H3. The summed E-state index contributed by atoms with van der Waals surface area (Å²) in [7, 11) is 1.45. The van der Waals surface area contributed by atoms with Crippen LogP contribution in [0, 0.1) is 0 Å². The van der Waals surface area contributed by atoms with Crippen molar-refractivity contribution in [2.75, 3.05) is 7.11 Å². The minimum absolute atomic E-state index is 0.0866. The normalized spacial score (nSPS) is 11.6. The Morgan fingerprint density at radius 1 is 1.36 bits per heavy atom. The summed E-state index contributed by atoms with van der Waals surface area (Å²) >= 11 is 17.2. The van der Waals surface area contributed by atoms with Crippen LogP contribution >= 0.6 is 34.8 Å². The Kier molecular flexibility index (Phi) is 3.86. The lowest BCUT2D eigenvalue weighted by Crippen LogP contribution is -1.93. The molecule has 0 radical (unpaired) electrons. The molecular formula is C8H6Cl3NO2. The van der Waals surface area contributed by atoms with Gasteiger partial charge in [0.2, 0.25) is 0 Å². The van der Waals surface area contributed by atoms with Gasteiger partial charge in [-0.15, -0.1) is 0 Å². The first-order chi connectivity index (χ1) is 6.60. The van der Waals surface area contributed by atoms with E-state index in [4.69, 9.17) is 44.7 Å². The Hall–Kier alpha value is -0.640. The summed E-state index contributed by atoms with van der Waals surface area (Å²) < 4.78 is 4.93. The molecule has 0 fully saturated rings. The lowest BCUT2D eigenvalue weighted by molar-refractivity contribution is 0.321. The van der Waals surface area contributed by atoms with Crippen molar-refractivity contribution in [1.29, 1.82) is 0 Å². The van der Waals surface area contributed by atoms with E-state index in [0.29, 0.717) is 21.4 Å². The number of rotatable bonds is 2. The molecule has 0 amide bonds. The van der Waals surface area contributed by atoms with Gasteiger partial charge in [0, 0.05) is 5.56 Å². The lowest BCUT2D eigenvalue weighted by atomic mass is 10.2. The highest BCUT2D eigenvalue weighted by molar-refractivity contribution is 6.69. The van der Waals surface area contributed by atoms with E-state index < -0.39 is 0 Å². The number of ether oxygens (including phenoxy) is 1. The van der Waals surface area contributed by atoms with E-state index >= 15 is 0 Å². The van der Waals surface area contributed by atoms with Crippen LogP contribution in [-0.4, -0.2) is 17.5 Å². The fourth-order valence-corrected chi connectivity index (χ4v) is 1.68. The molecule has 0 heterocycles. The molecule has 1 N–H and O–H groups in total. The van der Waals surface area contributed by atoms with Crippen LogP contribution in [-0.2, 0) is 0 Å². The maximum atomic E-state index is 8.44. The molecule has 0 unspecified atom stereocenters. The van der Waals surface area contributed by atoms with Gasteiger partial charge >= 0.3 is 0 Å². The highest BCUT2D eigenvalue weighted by atomic mass is 35.5. The van der Waals surface area contributed by atoms with E-state index in [1.165, 1.54) is 19.2 Å². The van der Waals surface area contributed by atoms with Gasteiger partial charge in [-0.2, -0.15) is 0 Å². The molecule has 14 heavy (non-hydrogen) atoms. The second-order valence-corrected chi connectivity index (χ2v) is 3.54. The molecule has 0 atom stereocenters. The van der Waals surface area contributed by atoms with Crippen LogP contribution in [0.3, 0.4) is 0 Å². The predicted octanol–water partition coefficient (Wildman–Crippen LogP) is 3.38. The number of halogens is 3. The Balaban J connectivity index is 3.27. The average Bonchev–Trinajstić information content (AvgIpc) is 2.16. The summed E-state index contributed by atoms with van der Waals surface area (Å²) in [6, 6.07) is 2.99. The van der Waals surface area contributed by atoms with Crippen LogP contribution < -0.4 is 4.74 Å². The second-order valence-electron chi connectivity index (χ2n) is 2.36. The van der Waals surface area contributed by atoms with Crippen molar-refractivity contribution in [3.05, 3.63) is 27.7 Å². The Labute approximate surface area is 95.8 Å². The maximum absolute atomic E-state index is 8.44. The topological polar surface area (TPSA) is 41.8 Å². The molecule has 0 aromatic heterocycles. The summed E-state index contributed by atoms with van der Waals surface area (Å²) in [6.07, 6.45) is 0. The molecule has 0 aliphatic rings. The molecule has 0 aliphatic carbocycles. The van der Waals surface area contributed by atoms with Crippen molar-refractivity contribution in [1.82, 2.24) is 0 Å². The first-order valence-electron chi connectivity index (χ1n) is 3.51. The average molecular weight is 254 g/mol. The monoisotopic (exact) mass is 253 g/mol. The minimum atomic E-state index is -0.0866. The number of hydrogen-bond acceptors (Lipinski definition) is 3. The molecule has 6 heteroatoms. The predicted molar refractivity (Wildman–Crippen MR) is 57.2 cm³/mol. The van der Waals surface area contributed by atoms with E-state index in [9.17, 15) is 0 Å². The summed E-state index contributed by atoms with van der Waals surface area (Å²) in [5, 5.41) is 11.8. The fourth-order valence-electron chi connectivity index (χ4n) is 0.932. The van der Waals surface area contributed by atoms with Crippen LogP contribution in [0.4, 0.5) is 0 Å². The van der Waals surface area contributed by atoms with E-state index in [2.05, 4.69) is 5.16 Å². The summed E-state index contributed by atoms with van der Waals surface area (Å²) in [5.41, 5.74) is 0.421. The summed E-state index contributed by atoms with van der Waals surface area (Å²) in [4.78, 5) is 0. The number of oxime groups is 1. The number of nitrogens with zero attached hydrogens (tertiary/aromatic N) is 1. The van der Waals surface area contributed by atoms with Gasteiger partial charge in [0.1, 0.15) is 0 Å². The van der Waals surface area contributed by atoms with Crippen molar-refractivity contribution >= 4 is 40.0 Å². The SMILES string of the molecule is COc1c(Cl)cc(C(Cl)=NO)cc1Cl. The van der Waals surface area contributed by atoms with Gasteiger partial charge in [-0.25, -0.2) is 0 Å². The summed E-state index contributed by atoms with van der Waals surface area (Å²) in [5.74, 6) is 0.361.